The van der Waals surface area contributed by atoms with Gasteiger partial charge in [-0.25, -0.2) is 4.98 Å². The zero-order valence-corrected chi connectivity index (χ0v) is 9.77. The summed E-state index contributed by atoms with van der Waals surface area (Å²) in [5, 5.41) is 0. The number of nitrogens with zero attached hydrogens (tertiary/aromatic N) is 1. The average Bonchev–Trinajstić information content (AvgIpc) is 2.74. The first-order valence-corrected chi connectivity index (χ1v) is 5.14. The molecular weight excluding hydrogens is 220 g/mol. The quantitative estimate of drug-likeness (QED) is 0.874. The number of ether oxygens (including phenoxy) is 2. The summed E-state index contributed by atoms with van der Waals surface area (Å²) in [5.74, 6) is 2.11. The Labute approximate surface area is 99.2 Å². The zero-order chi connectivity index (χ0) is 12.3. The molecule has 0 aliphatic heterocycles. The molecule has 0 fully saturated rings. The number of rotatable bonds is 4. The van der Waals surface area contributed by atoms with Gasteiger partial charge in [-0.1, -0.05) is 6.07 Å². The summed E-state index contributed by atoms with van der Waals surface area (Å²) < 4.78 is 15.6. The van der Waals surface area contributed by atoms with Crippen LogP contribution in [0.25, 0.3) is 0 Å². The predicted molar refractivity (Wildman–Crippen MR) is 63.3 cm³/mol. The summed E-state index contributed by atoms with van der Waals surface area (Å²) in [6.07, 6.45) is 2.23. The molecule has 0 radical (unpaired) electrons. The number of hydrogen-bond acceptors (Lipinski definition) is 5. The van der Waals surface area contributed by atoms with Gasteiger partial charge in [-0.2, -0.15) is 0 Å². The summed E-state index contributed by atoms with van der Waals surface area (Å²) in [7, 11) is 3.21. The van der Waals surface area contributed by atoms with Gasteiger partial charge in [0.15, 0.2) is 11.5 Å². The van der Waals surface area contributed by atoms with E-state index >= 15 is 0 Å². The minimum Gasteiger partial charge on any atom is -0.493 e. The molecule has 0 aliphatic carbocycles. The minimum atomic E-state index is 0.181. The van der Waals surface area contributed by atoms with Gasteiger partial charge in [0.25, 0.3) is 6.01 Å². The Morgan fingerprint density at radius 3 is 2.59 bits per heavy atom. The van der Waals surface area contributed by atoms with Crippen molar-refractivity contribution in [3.8, 4) is 11.5 Å². The third kappa shape index (κ3) is 2.50. The van der Waals surface area contributed by atoms with Crippen molar-refractivity contribution in [1.82, 2.24) is 4.98 Å². The molecule has 0 unspecified atom stereocenters. The Morgan fingerprint density at radius 2 is 2.00 bits per heavy atom. The standard InChI is InChI=1S/C12H14N2O3/c1-15-10-4-3-8(6-11(10)16-2)5-9-7-14-12(13)17-9/h3-4,6-7H,5H2,1-2H3,(H2,13,14). The fourth-order valence-corrected chi connectivity index (χ4v) is 1.60. The summed E-state index contributed by atoms with van der Waals surface area (Å²) in [6.45, 7) is 0. The van der Waals surface area contributed by atoms with Gasteiger partial charge in [0.1, 0.15) is 5.76 Å². The molecule has 5 nitrogen and oxygen atoms in total. The van der Waals surface area contributed by atoms with Crippen LogP contribution in [0.2, 0.25) is 0 Å². The first-order chi connectivity index (χ1) is 8.22. The van der Waals surface area contributed by atoms with Crippen LogP contribution in [0, 0.1) is 0 Å². The largest absolute Gasteiger partial charge is 0.493 e. The first kappa shape index (κ1) is 11.3. The van der Waals surface area contributed by atoms with Crippen LogP contribution in [0.5, 0.6) is 11.5 Å². The van der Waals surface area contributed by atoms with Crippen molar-refractivity contribution in [1.29, 1.82) is 0 Å². The van der Waals surface area contributed by atoms with Gasteiger partial charge in [-0.05, 0) is 17.7 Å². The molecule has 1 aromatic heterocycles. The minimum absolute atomic E-state index is 0.181. The molecule has 0 spiro atoms. The maximum Gasteiger partial charge on any atom is 0.292 e. The highest BCUT2D eigenvalue weighted by Crippen LogP contribution is 2.28. The zero-order valence-electron chi connectivity index (χ0n) is 9.77. The second-order valence-corrected chi connectivity index (χ2v) is 3.53. The topological polar surface area (TPSA) is 70.5 Å². The van der Waals surface area contributed by atoms with Crippen LogP contribution in [-0.2, 0) is 6.42 Å². The highest BCUT2D eigenvalue weighted by atomic mass is 16.5. The molecule has 90 valence electrons. The molecule has 0 aliphatic rings. The van der Waals surface area contributed by atoms with E-state index in [0.29, 0.717) is 17.9 Å². The summed E-state index contributed by atoms with van der Waals surface area (Å²) in [6, 6.07) is 5.88. The van der Waals surface area contributed by atoms with Crippen molar-refractivity contribution in [2.75, 3.05) is 20.0 Å². The van der Waals surface area contributed by atoms with Gasteiger partial charge in [0.2, 0.25) is 0 Å². The molecule has 2 N–H and O–H groups in total. The van der Waals surface area contributed by atoms with E-state index in [1.165, 1.54) is 0 Å². The van der Waals surface area contributed by atoms with Crippen LogP contribution in [-0.4, -0.2) is 19.2 Å². The molecule has 2 rings (SSSR count). The highest BCUT2D eigenvalue weighted by Gasteiger charge is 2.07. The number of benzene rings is 1. The monoisotopic (exact) mass is 234 g/mol. The van der Waals surface area contributed by atoms with Crippen LogP contribution in [0.15, 0.2) is 28.8 Å². The van der Waals surface area contributed by atoms with Crippen molar-refractivity contribution in [2.24, 2.45) is 0 Å². The van der Waals surface area contributed by atoms with Gasteiger partial charge in [-0.3, -0.25) is 0 Å². The normalized spacial score (nSPS) is 10.2. The molecular formula is C12H14N2O3. The van der Waals surface area contributed by atoms with E-state index in [9.17, 15) is 0 Å². The fraction of sp³-hybridized carbons (Fsp3) is 0.250. The molecule has 2 aromatic rings. The van der Waals surface area contributed by atoms with Crippen molar-refractivity contribution >= 4 is 6.01 Å². The molecule has 0 saturated heterocycles. The van der Waals surface area contributed by atoms with Crippen LogP contribution in [0.3, 0.4) is 0 Å². The molecule has 1 heterocycles. The lowest BCUT2D eigenvalue weighted by atomic mass is 10.1. The van der Waals surface area contributed by atoms with Gasteiger partial charge in [-0.15, -0.1) is 0 Å². The van der Waals surface area contributed by atoms with Crippen molar-refractivity contribution in [3.63, 3.8) is 0 Å². The van der Waals surface area contributed by atoms with Crippen molar-refractivity contribution in [2.45, 2.75) is 6.42 Å². The summed E-state index contributed by atoms with van der Waals surface area (Å²) in [5.41, 5.74) is 6.45. The van der Waals surface area contributed by atoms with Crippen LogP contribution < -0.4 is 15.2 Å². The number of nitrogen functional groups attached to an aromatic ring is 1. The lowest BCUT2D eigenvalue weighted by molar-refractivity contribution is 0.354. The van der Waals surface area contributed by atoms with E-state index in [2.05, 4.69) is 4.98 Å². The molecule has 1 aromatic carbocycles. The SMILES string of the molecule is COc1ccc(Cc2cnc(N)o2)cc1OC. The smallest absolute Gasteiger partial charge is 0.292 e. The summed E-state index contributed by atoms with van der Waals surface area (Å²) in [4.78, 5) is 3.84. The second-order valence-electron chi connectivity index (χ2n) is 3.53. The van der Waals surface area contributed by atoms with E-state index in [4.69, 9.17) is 19.6 Å². The van der Waals surface area contributed by atoms with Gasteiger partial charge < -0.3 is 19.6 Å². The number of anilines is 1. The molecule has 5 heteroatoms. The van der Waals surface area contributed by atoms with Crippen LogP contribution in [0.1, 0.15) is 11.3 Å². The predicted octanol–water partition coefficient (Wildman–Crippen LogP) is 1.86. The fourth-order valence-electron chi connectivity index (χ4n) is 1.60. The lowest BCUT2D eigenvalue weighted by Crippen LogP contribution is -1.93. The molecule has 17 heavy (non-hydrogen) atoms. The van der Waals surface area contributed by atoms with Gasteiger partial charge in [0, 0.05) is 6.42 Å². The number of oxazole rings is 1. The third-order valence-corrected chi connectivity index (χ3v) is 2.40. The summed E-state index contributed by atoms with van der Waals surface area (Å²) >= 11 is 0. The van der Waals surface area contributed by atoms with Gasteiger partial charge >= 0.3 is 0 Å². The van der Waals surface area contributed by atoms with E-state index in [1.54, 1.807) is 20.4 Å². The van der Waals surface area contributed by atoms with E-state index < -0.39 is 0 Å². The van der Waals surface area contributed by atoms with Crippen LogP contribution in [0.4, 0.5) is 6.01 Å². The molecule has 0 amide bonds. The maximum atomic E-state index is 5.41. The highest BCUT2D eigenvalue weighted by molar-refractivity contribution is 5.43. The Hall–Kier alpha value is -2.17. The Bertz CT molecular complexity index is 508. The molecule has 0 atom stereocenters. The van der Waals surface area contributed by atoms with Crippen molar-refractivity contribution in [3.05, 3.63) is 35.7 Å². The van der Waals surface area contributed by atoms with E-state index in [-0.39, 0.29) is 6.01 Å². The van der Waals surface area contributed by atoms with E-state index in [0.717, 1.165) is 11.3 Å². The second kappa shape index (κ2) is 4.78. The number of aromatic nitrogens is 1. The molecule has 0 bridgehead atoms. The lowest BCUT2D eigenvalue weighted by Gasteiger charge is -2.08. The van der Waals surface area contributed by atoms with Gasteiger partial charge in [0.05, 0.1) is 20.4 Å². The van der Waals surface area contributed by atoms with Crippen molar-refractivity contribution < 1.29 is 13.9 Å². The third-order valence-electron chi connectivity index (χ3n) is 2.40. The number of nitrogens with two attached hydrogens (primary N) is 1. The number of hydrogen-bond donors (Lipinski definition) is 1. The Balaban J connectivity index is 2.22. The molecule has 0 saturated carbocycles. The Morgan fingerprint density at radius 1 is 1.24 bits per heavy atom. The number of methoxy groups -OCH3 is 2. The average molecular weight is 234 g/mol. The Kier molecular flexibility index (Phi) is 3.18. The van der Waals surface area contributed by atoms with Crippen LogP contribution >= 0.6 is 0 Å². The first-order valence-electron chi connectivity index (χ1n) is 5.14. The van der Waals surface area contributed by atoms with E-state index in [1.807, 2.05) is 18.2 Å². The maximum absolute atomic E-state index is 5.41.